The number of hydrogen-bond acceptors (Lipinski definition) is 6. The highest BCUT2D eigenvalue weighted by Gasteiger charge is 2.29. The van der Waals surface area contributed by atoms with E-state index in [1.165, 1.54) is 34.4 Å². The summed E-state index contributed by atoms with van der Waals surface area (Å²) in [6.07, 6.45) is 8.33. The van der Waals surface area contributed by atoms with Gasteiger partial charge in [-0.25, -0.2) is 9.97 Å². The maximum absolute atomic E-state index is 5.10. The number of hydrogen-bond donors (Lipinski definition) is 1. The molecule has 0 bridgehead atoms. The molecule has 0 radical (unpaired) electrons. The van der Waals surface area contributed by atoms with Gasteiger partial charge in [-0.05, 0) is 55.5 Å². The van der Waals surface area contributed by atoms with Gasteiger partial charge in [-0.2, -0.15) is 0 Å². The Hall–Kier alpha value is -2.99. The van der Waals surface area contributed by atoms with Crippen LogP contribution in [0.15, 0.2) is 54.9 Å². The summed E-state index contributed by atoms with van der Waals surface area (Å²) in [6.45, 7) is 1.96. The van der Waals surface area contributed by atoms with Gasteiger partial charge in [0.1, 0.15) is 10.6 Å². The van der Waals surface area contributed by atoms with Crippen molar-refractivity contribution in [2.45, 2.75) is 31.7 Å². The minimum absolute atomic E-state index is 0.422. The van der Waals surface area contributed by atoms with Gasteiger partial charge in [0.15, 0.2) is 5.82 Å². The van der Waals surface area contributed by atoms with Crippen LogP contribution in [-0.4, -0.2) is 34.1 Å². The number of thiophene rings is 1. The van der Waals surface area contributed by atoms with Gasteiger partial charge >= 0.3 is 0 Å². The zero-order valence-corrected chi connectivity index (χ0v) is 17.5. The lowest BCUT2D eigenvalue weighted by Crippen LogP contribution is -2.27. The second kappa shape index (κ2) is 7.36. The quantitative estimate of drug-likeness (QED) is 0.514. The second-order valence-corrected chi connectivity index (χ2v) is 9.18. The van der Waals surface area contributed by atoms with Crippen LogP contribution < -0.4 is 10.2 Å². The van der Waals surface area contributed by atoms with E-state index in [1.807, 2.05) is 29.7 Å². The molecule has 3 aromatic heterocycles. The van der Waals surface area contributed by atoms with E-state index in [2.05, 4.69) is 45.5 Å². The van der Waals surface area contributed by atoms with Crippen LogP contribution in [0, 0.1) is 0 Å². The van der Waals surface area contributed by atoms with Gasteiger partial charge in [-0.15, -0.1) is 11.3 Å². The van der Waals surface area contributed by atoms with Gasteiger partial charge in [0.25, 0.3) is 0 Å². The van der Waals surface area contributed by atoms with E-state index in [4.69, 9.17) is 9.97 Å². The SMILES string of the molecule is c1ccc(NC2CCN(c3nc(-c4cccnc4)nc4sc5c(c34)CCC5)C2)cc1. The van der Waals surface area contributed by atoms with E-state index >= 15 is 0 Å². The van der Waals surface area contributed by atoms with E-state index in [1.54, 1.807) is 6.20 Å². The van der Waals surface area contributed by atoms with Crippen LogP contribution in [0.4, 0.5) is 11.5 Å². The van der Waals surface area contributed by atoms with Crippen LogP contribution in [0.3, 0.4) is 0 Å². The van der Waals surface area contributed by atoms with Crippen LogP contribution in [-0.2, 0) is 12.8 Å². The van der Waals surface area contributed by atoms with Crippen LogP contribution in [0.1, 0.15) is 23.3 Å². The number of nitrogens with zero attached hydrogens (tertiary/aromatic N) is 4. The molecule has 4 heterocycles. The highest BCUT2D eigenvalue weighted by atomic mass is 32.1. The highest BCUT2D eigenvalue weighted by molar-refractivity contribution is 7.19. The molecule has 2 aliphatic rings. The Labute approximate surface area is 179 Å². The lowest BCUT2D eigenvalue weighted by atomic mass is 10.1. The molecule has 1 atom stereocenters. The summed E-state index contributed by atoms with van der Waals surface area (Å²) in [7, 11) is 0. The summed E-state index contributed by atoms with van der Waals surface area (Å²) in [4.78, 5) is 19.4. The standard InChI is InChI=1S/C24H23N5S/c1-2-7-17(8-3-1)26-18-11-13-29(15-18)23-21-19-9-4-10-20(19)30-24(21)28-22(27-23)16-6-5-12-25-14-16/h1-3,5-8,12,14,18,26H,4,9-11,13,15H2. The van der Waals surface area contributed by atoms with Crippen LogP contribution >= 0.6 is 11.3 Å². The predicted octanol–water partition coefficient (Wildman–Crippen LogP) is 4.93. The third-order valence-electron chi connectivity index (χ3n) is 6.10. The average Bonchev–Trinajstić information content (AvgIpc) is 3.50. The molecule has 1 aliphatic heterocycles. The van der Waals surface area contributed by atoms with Gasteiger partial charge in [0, 0.05) is 47.7 Å². The van der Waals surface area contributed by atoms with Crippen molar-refractivity contribution in [1.82, 2.24) is 15.0 Å². The number of benzene rings is 1. The summed E-state index contributed by atoms with van der Waals surface area (Å²) >= 11 is 1.86. The number of nitrogens with one attached hydrogen (secondary N) is 1. The molecule has 6 heteroatoms. The lowest BCUT2D eigenvalue weighted by molar-refractivity contribution is 0.806. The molecular formula is C24H23N5S. The first-order chi connectivity index (χ1) is 14.8. The van der Waals surface area contributed by atoms with Crippen molar-refractivity contribution in [2.75, 3.05) is 23.3 Å². The van der Waals surface area contributed by atoms with E-state index in [0.29, 0.717) is 6.04 Å². The topological polar surface area (TPSA) is 53.9 Å². The first-order valence-corrected chi connectivity index (χ1v) is 11.5. The summed E-state index contributed by atoms with van der Waals surface area (Å²) < 4.78 is 0. The molecule has 0 spiro atoms. The largest absolute Gasteiger partial charge is 0.380 e. The Balaban J connectivity index is 1.39. The lowest BCUT2D eigenvalue weighted by Gasteiger charge is -2.20. The fraction of sp³-hybridized carbons (Fsp3) is 0.292. The number of aryl methyl sites for hydroxylation is 2. The van der Waals surface area contributed by atoms with Crippen molar-refractivity contribution in [3.05, 3.63) is 65.3 Å². The average molecular weight is 414 g/mol. The molecule has 1 aromatic carbocycles. The second-order valence-electron chi connectivity index (χ2n) is 8.09. The number of anilines is 2. The van der Waals surface area contributed by atoms with Crippen molar-refractivity contribution in [1.29, 1.82) is 0 Å². The van der Waals surface area contributed by atoms with Gasteiger partial charge in [-0.1, -0.05) is 18.2 Å². The maximum atomic E-state index is 5.10. The Morgan fingerprint density at radius 2 is 1.97 bits per heavy atom. The zero-order valence-electron chi connectivity index (χ0n) is 16.7. The van der Waals surface area contributed by atoms with E-state index in [9.17, 15) is 0 Å². The number of rotatable bonds is 4. The monoisotopic (exact) mass is 413 g/mol. The van der Waals surface area contributed by atoms with E-state index in [0.717, 1.165) is 48.0 Å². The summed E-state index contributed by atoms with van der Waals surface area (Å²) in [6, 6.07) is 14.9. The molecule has 0 amide bonds. The molecule has 1 fully saturated rings. The van der Waals surface area contributed by atoms with E-state index in [-0.39, 0.29) is 0 Å². The third-order valence-corrected chi connectivity index (χ3v) is 7.28. The van der Waals surface area contributed by atoms with Gasteiger partial charge in [0.2, 0.25) is 0 Å². The summed E-state index contributed by atoms with van der Waals surface area (Å²) in [5.74, 6) is 1.89. The first kappa shape index (κ1) is 17.8. The molecular weight excluding hydrogens is 390 g/mol. The Kier molecular flexibility index (Phi) is 4.38. The maximum Gasteiger partial charge on any atom is 0.164 e. The molecule has 1 saturated heterocycles. The fourth-order valence-electron chi connectivity index (χ4n) is 4.67. The van der Waals surface area contributed by atoms with Gasteiger partial charge in [-0.3, -0.25) is 4.98 Å². The van der Waals surface area contributed by atoms with E-state index < -0.39 is 0 Å². The van der Waals surface area contributed by atoms with Crippen molar-refractivity contribution >= 4 is 33.1 Å². The first-order valence-electron chi connectivity index (χ1n) is 10.6. The van der Waals surface area contributed by atoms with Crippen molar-refractivity contribution in [2.24, 2.45) is 0 Å². The molecule has 1 aliphatic carbocycles. The van der Waals surface area contributed by atoms with Gasteiger partial charge < -0.3 is 10.2 Å². The Bertz CT molecular complexity index is 1190. The Morgan fingerprint density at radius 3 is 2.83 bits per heavy atom. The molecule has 150 valence electrons. The number of fused-ring (bicyclic) bond motifs is 3. The highest BCUT2D eigenvalue weighted by Crippen LogP contribution is 2.42. The molecule has 4 aromatic rings. The Morgan fingerprint density at radius 1 is 1.03 bits per heavy atom. The normalized spacial score (nSPS) is 18.1. The van der Waals surface area contributed by atoms with Crippen molar-refractivity contribution in [3.8, 4) is 11.4 Å². The molecule has 6 rings (SSSR count). The summed E-state index contributed by atoms with van der Waals surface area (Å²) in [5, 5.41) is 4.98. The van der Waals surface area contributed by atoms with Crippen molar-refractivity contribution < 1.29 is 0 Å². The number of pyridine rings is 1. The third kappa shape index (κ3) is 3.12. The van der Waals surface area contributed by atoms with Crippen LogP contribution in [0.2, 0.25) is 0 Å². The number of aromatic nitrogens is 3. The predicted molar refractivity (Wildman–Crippen MR) is 123 cm³/mol. The van der Waals surface area contributed by atoms with Gasteiger partial charge in [0.05, 0.1) is 5.39 Å². The molecule has 0 saturated carbocycles. The zero-order chi connectivity index (χ0) is 19.9. The fourth-order valence-corrected chi connectivity index (χ4v) is 5.93. The van der Waals surface area contributed by atoms with Crippen LogP contribution in [0.25, 0.3) is 21.6 Å². The minimum atomic E-state index is 0.422. The summed E-state index contributed by atoms with van der Waals surface area (Å²) in [5.41, 5.74) is 3.65. The molecule has 5 nitrogen and oxygen atoms in total. The molecule has 30 heavy (non-hydrogen) atoms. The number of para-hydroxylation sites is 1. The molecule has 1 unspecified atom stereocenters. The minimum Gasteiger partial charge on any atom is -0.380 e. The molecule has 1 N–H and O–H groups in total. The smallest absolute Gasteiger partial charge is 0.164 e. The van der Waals surface area contributed by atoms with Crippen molar-refractivity contribution in [3.63, 3.8) is 0 Å². The van der Waals surface area contributed by atoms with Crippen LogP contribution in [0.5, 0.6) is 0 Å².